The highest BCUT2D eigenvalue weighted by atomic mass is 35.5. The summed E-state index contributed by atoms with van der Waals surface area (Å²) in [7, 11) is 0. The Hall–Kier alpha value is -0.790. The van der Waals surface area contributed by atoms with E-state index in [0.717, 1.165) is 5.02 Å². The monoisotopic (exact) mass is 235 g/mol. The number of piperidine rings is 1. The number of halogens is 1. The summed E-state index contributed by atoms with van der Waals surface area (Å²) in [5, 5.41) is 0.807. The van der Waals surface area contributed by atoms with Crippen molar-refractivity contribution in [3.05, 3.63) is 47.5 Å². The zero-order valence-electron chi connectivity index (χ0n) is 9.53. The van der Waals surface area contributed by atoms with Crippen molar-refractivity contribution < 1.29 is 0 Å². The topological polar surface area (TPSA) is 3.24 Å². The second kappa shape index (κ2) is 5.51. The molecule has 86 valence electrons. The third-order valence-electron chi connectivity index (χ3n) is 3.20. The van der Waals surface area contributed by atoms with Gasteiger partial charge in [0, 0.05) is 5.02 Å². The van der Waals surface area contributed by atoms with Crippen LogP contribution in [0.25, 0.3) is 0 Å². The summed E-state index contributed by atoms with van der Waals surface area (Å²) >= 11 is 6.03. The molecule has 0 spiro atoms. The lowest BCUT2D eigenvalue weighted by Crippen LogP contribution is -2.32. The molecule has 1 nitrogen and oxygen atoms in total. The predicted octanol–water partition coefficient (Wildman–Crippen LogP) is 4.05. The van der Waals surface area contributed by atoms with Crippen molar-refractivity contribution in [1.82, 2.24) is 4.90 Å². The van der Waals surface area contributed by atoms with Crippen LogP contribution in [0.1, 0.15) is 30.9 Å². The van der Waals surface area contributed by atoms with Crippen LogP contribution in [0.3, 0.4) is 0 Å². The van der Waals surface area contributed by atoms with Crippen LogP contribution in [0, 0.1) is 0 Å². The SMILES string of the molecule is C=C[C@@H](c1cccc(Cl)c1)N1CCCCC1. The standard InChI is InChI=1S/C14H18ClN/c1-2-14(16-9-4-3-5-10-16)12-7-6-8-13(15)11-12/h2,6-8,11,14H,1,3-5,9-10H2/t14-/m0/s1. The van der Waals surface area contributed by atoms with E-state index < -0.39 is 0 Å². The fraction of sp³-hybridized carbons (Fsp3) is 0.429. The molecule has 1 aliphatic heterocycles. The quantitative estimate of drug-likeness (QED) is 0.715. The largest absolute Gasteiger partial charge is 0.293 e. The van der Waals surface area contributed by atoms with Crippen molar-refractivity contribution in [2.24, 2.45) is 0 Å². The van der Waals surface area contributed by atoms with E-state index in [1.807, 2.05) is 24.3 Å². The molecule has 1 heterocycles. The highest BCUT2D eigenvalue weighted by Gasteiger charge is 2.19. The molecule has 0 aliphatic carbocycles. The van der Waals surface area contributed by atoms with Gasteiger partial charge in [0.05, 0.1) is 6.04 Å². The number of likely N-dealkylation sites (tertiary alicyclic amines) is 1. The van der Waals surface area contributed by atoms with Crippen LogP contribution in [-0.4, -0.2) is 18.0 Å². The first-order valence-electron chi connectivity index (χ1n) is 5.93. The average Bonchev–Trinajstić information content (AvgIpc) is 2.31. The van der Waals surface area contributed by atoms with Crippen molar-refractivity contribution in [2.75, 3.05) is 13.1 Å². The van der Waals surface area contributed by atoms with Gasteiger partial charge in [-0.05, 0) is 43.6 Å². The summed E-state index contributed by atoms with van der Waals surface area (Å²) in [6, 6.07) is 8.42. The van der Waals surface area contributed by atoms with Crippen molar-refractivity contribution in [3.8, 4) is 0 Å². The molecule has 1 aliphatic rings. The summed E-state index contributed by atoms with van der Waals surface area (Å²) in [5.41, 5.74) is 1.25. The summed E-state index contributed by atoms with van der Waals surface area (Å²) in [6.07, 6.45) is 5.97. The Morgan fingerprint density at radius 3 is 2.62 bits per heavy atom. The molecule has 0 saturated carbocycles. The van der Waals surface area contributed by atoms with E-state index in [4.69, 9.17) is 11.6 Å². The van der Waals surface area contributed by atoms with Crippen LogP contribution in [-0.2, 0) is 0 Å². The molecule has 2 rings (SSSR count). The minimum atomic E-state index is 0.319. The number of hydrogen-bond donors (Lipinski definition) is 0. The maximum atomic E-state index is 6.03. The minimum Gasteiger partial charge on any atom is -0.293 e. The molecule has 0 radical (unpaired) electrons. The van der Waals surface area contributed by atoms with Crippen LogP contribution in [0.5, 0.6) is 0 Å². The van der Waals surface area contributed by atoms with Gasteiger partial charge in [-0.2, -0.15) is 0 Å². The van der Waals surface area contributed by atoms with E-state index >= 15 is 0 Å². The fourth-order valence-corrected chi connectivity index (χ4v) is 2.58. The molecule has 2 heteroatoms. The normalized spacial score (nSPS) is 19.3. The first-order valence-corrected chi connectivity index (χ1v) is 6.31. The van der Waals surface area contributed by atoms with Gasteiger partial charge in [-0.25, -0.2) is 0 Å². The molecule has 1 aromatic carbocycles. The zero-order valence-corrected chi connectivity index (χ0v) is 10.3. The van der Waals surface area contributed by atoms with Crippen LogP contribution >= 0.6 is 11.6 Å². The molecule has 1 atom stereocenters. The second-order valence-corrected chi connectivity index (χ2v) is 4.77. The van der Waals surface area contributed by atoms with Crippen molar-refractivity contribution in [2.45, 2.75) is 25.3 Å². The van der Waals surface area contributed by atoms with Gasteiger partial charge < -0.3 is 0 Å². The number of nitrogens with zero attached hydrogens (tertiary/aromatic N) is 1. The van der Waals surface area contributed by atoms with Crippen molar-refractivity contribution in [1.29, 1.82) is 0 Å². The minimum absolute atomic E-state index is 0.319. The highest BCUT2D eigenvalue weighted by Crippen LogP contribution is 2.26. The highest BCUT2D eigenvalue weighted by molar-refractivity contribution is 6.30. The van der Waals surface area contributed by atoms with E-state index in [0.29, 0.717) is 6.04 Å². The van der Waals surface area contributed by atoms with Crippen LogP contribution < -0.4 is 0 Å². The van der Waals surface area contributed by atoms with Gasteiger partial charge >= 0.3 is 0 Å². The second-order valence-electron chi connectivity index (χ2n) is 4.33. The first kappa shape index (κ1) is 11.7. The Labute approximate surface area is 103 Å². The summed E-state index contributed by atoms with van der Waals surface area (Å²) < 4.78 is 0. The summed E-state index contributed by atoms with van der Waals surface area (Å²) in [6.45, 7) is 6.30. The maximum absolute atomic E-state index is 6.03. The summed E-state index contributed by atoms with van der Waals surface area (Å²) in [5.74, 6) is 0. The zero-order chi connectivity index (χ0) is 11.4. The average molecular weight is 236 g/mol. The van der Waals surface area contributed by atoms with Gasteiger partial charge in [-0.1, -0.05) is 36.2 Å². The van der Waals surface area contributed by atoms with Crippen molar-refractivity contribution >= 4 is 11.6 Å². The summed E-state index contributed by atoms with van der Waals surface area (Å²) in [4.78, 5) is 2.49. The van der Waals surface area contributed by atoms with E-state index in [2.05, 4.69) is 17.5 Å². The van der Waals surface area contributed by atoms with Gasteiger partial charge in [0.25, 0.3) is 0 Å². The lowest BCUT2D eigenvalue weighted by Gasteiger charge is -2.33. The molecular formula is C14H18ClN. The van der Waals surface area contributed by atoms with Crippen molar-refractivity contribution in [3.63, 3.8) is 0 Å². The van der Waals surface area contributed by atoms with E-state index in [-0.39, 0.29) is 0 Å². The lowest BCUT2D eigenvalue weighted by atomic mass is 10.0. The Kier molecular flexibility index (Phi) is 4.03. The van der Waals surface area contributed by atoms with Gasteiger partial charge in [-0.3, -0.25) is 4.90 Å². The molecule has 16 heavy (non-hydrogen) atoms. The fourth-order valence-electron chi connectivity index (χ4n) is 2.38. The molecule has 1 saturated heterocycles. The van der Waals surface area contributed by atoms with Gasteiger partial charge in [0.1, 0.15) is 0 Å². The van der Waals surface area contributed by atoms with E-state index in [9.17, 15) is 0 Å². The third-order valence-corrected chi connectivity index (χ3v) is 3.43. The van der Waals surface area contributed by atoms with Gasteiger partial charge in [-0.15, -0.1) is 6.58 Å². The molecule has 1 aromatic rings. The Morgan fingerprint density at radius 2 is 2.00 bits per heavy atom. The number of hydrogen-bond acceptors (Lipinski definition) is 1. The Morgan fingerprint density at radius 1 is 1.25 bits per heavy atom. The Balaban J connectivity index is 2.17. The van der Waals surface area contributed by atoms with Crippen LogP contribution in [0.15, 0.2) is 36.9 Å². The first-order chi connectivity index (χ1) is 7.81. The van der Waals surface area contributed by atoms with Gasteiger partial charge in [0.2, 0.25) is 0 Å². The molecule has 0 N–H and O–H groups in total. The molecule has 0 bridgehead atoms. The number of benzene rings is 1. The van der Waals surface area contributed by atoms with E-state index in [1.165, 1.54) is 37.9 Å². The molecule has 1 fully saturated rings. The van der Waals surface area contributed by atoms with Crippen LogP contribution in [0.4, 0.5) is 0 Å². The lowest BCUT2D eigenvalue weighted by molar-refractivity contribution is 0.192. The van der Waals surface area contributed by atoms with Crippen LogP contribution in [0.2, 0.25) is 5.02 Å². The molecule has 0 unspecified atom stereocenters. The Bertz CT molecular complexity index is 356. The maximum Gasteiger partial charge on any atom is 0.0529 e. The van der Waals surface area contributed by atoms with Gasteiger partial charge in [0.15, 0.2) is 0 Å². The third kappa shape index (κ3) is 2.66. The predicted molar refractivity (Wildman–Crippen MR) is 69.8 cm³/mol. The smallest absolute Gasteiger partial charge is 0.0529 e. The molecule has 0 aromatic heterocycles. The molecule has 0 amide bonds. The van der Waals surface area contributed by atoms with E-state index in [1.54, 1.807) is 0 Å². The molecular weight excluding hydrogens is 218 g/mol. The number of rotatable bonds is 3.